The molecule has 0 aliphatic rings. The molecule has 0 spiro atoms. The van der Waals surface area contributed by atoms with Gasteiger partial charge >= 0.3 is 18.9 Å². The summed E-state index contributed by atoms with van der Waals surface area (Å²) < 4.78 is 0. The molecule has 0 saturated heterocycles. The predicted molar refractivity (Wildman–Crippen MR) is 60.6 cm³/mol. The van der Waals surface area contributed by atoms with Crippen molar-refractivity contribution < 1.29 is 18.9 Å². The average Bonchev–Trinajstić information content (AvgIpc) is 1.37. The van der Waals surface area contributed by atoms with Crippen LogP contribution in [0.25, 0.3) is 0 Å². The fourth-order valence-electron chi connectivity index (χ4n) is 0. The summed E-state index contributed by atoms with van der Waals surface area (Å²) in [6, 6.07) is 0. The quantitative estimate of drug-likeness (QED) is 0.403. The minimum atomic E-state index is 0. The van der Waals surface area contributed by atoms with Crippen molar-refractivity contribution in [3.05, 3.63) is 6.92 Å². The minimum absolute atomic E-state index is 0. The Morgan fingerprint density at radius 3 is 1.10 bits per heavy atom. The van der Waals surface area contributed by atoms with Crippen molar-refractivity contribution in [3.63, 3.8) is 0 Å². The molecule has 6 heteroatoms. The molecule has 0 heterocycles. The average molecular weight is 242 g/mol. The zero-order chi connectivity index (χ0) is 3.41. The third-order valence-electron chi connectivity index (χ3n) is 0.354. The van der Waals surface area contributed by atoms with Gasteiger partial charge in [-0.05, 0) is 11.0 Å². The van der Waals surface area contributed by atoms with Crippen molar-refractivity contribution >= 4 is 60.6 Å². The van der Waals surface area contributed by atoms with Gasteiger partial charge in [0.15, 0.2) is 0 Å². The van der Waals surface area contributed by atoms with Gasteiger partial charge in [-0.1, -0.05) is 13.3 Å². The maximum atomic E-state index is 3.60. The number of rotatable bonds is 1. The van der Waals surface area contributed by atoms with Gasteiger partial charge in [0.2, 0.25) is 0 Å². The first-order chi connectivity index (χ1) is 1.91. The Morgan fingerprint density at radius 1 is 1.00 bits per heavy atom. The van der Waals surface area contributed by atoms with Gasteiger partial charge in [0, 0.05) is 0 Å². The fourth-order valence-corrected chi connectivity index (χ4v) is 0. The molecule has 0 atom stereocenters. The summed E-state index contributed by atoms with van der Waals surface area (Å²) >= 11 is 0. The van der Waals surface area contributed by atoms with Gasteiger partial charge in [-0.15, -0.1) is 49.6 Å². The van der Waals surface area contributed by atoms with Crippen LogP contribution >= 0.6 is 49.6 Å². The maximum Gasteiger partial charge on any atom is 1.00 e. The number of hydrogen-bond acceptors (Lipinski definition) is 0. The third-order valence-corrected chi connectivity index (χ3v) is 0.354. The molecule has 0 rings (SSSR count). The van der Waals surface area contributed by atoms with E-state index in [1.165, 1.54) is 6.42 Å². The Balaban J connectivity index is -0.00000000300. The fraction of sp³-hybridized carbons (Fsp3) is 0.750. The van der Waals surface area contributed by atoms with Gasteiger partial charge in [-0.3, -0.25) is 0 Å². The van der Waals surface area contributed by atoms with E-state index in [2.05, 4.69) is 13.8 Å². The number of hydrogen-bond donors (Lipinski definition) is 0. The molecule has 0 amide bonds. The van der Waals surface area contributed by atoms with Gasteiger partial charge in [0.05, 0.1) is 0 Å². The van der Waals surface area contributed by atoms with Crippen LogP contribution in [0.1, 0.15) is 19.8 Å². The van der Waals surface area contributed by atoms with E-state index in [4.69, 9.17) is 0 Å². The van der Waals surface area contributed by atoms with Crippen molar-refractivity contribution in [2.45, 2.75) is 19.8 Å². The van der Waals surface area contributed by atoms with Crippen LogP contribution in [0.2, 0.25) is 0 Å². The van der Waals surface area contributed by atoms with Crippen LogP contribution in [0.5, 0.6) is 0 Å². The van der Waals surface area contributed by atoms with E-state index in [1.807, 2.05) is 0 Å². The summed E-state index contributed by atoms with van der Waals surface area (Å²) in [7, 11) is 0. The zero-order valence-electron chi connectivity index (χ0n) is 5.75. The number of unbranched alkanes of at least 4 members (excludes halogenated alkanes) is 1. The summed E-state index contributed by atoms with van der Waals surface area (Å²) in [5.41, 5.74) is 0. The normalized spacial score (nSPS) is 3.00. The van der Waals surface area contributed by atoms with Crippen LogP contribution in [0.4, 0.5) is 0 Å². The SMILES string of the molecule is Cl.Cl.Cl.Cl.[CH2-]CCC.[Li+].[SiH4]. The Labute approximate surface area is 106 Å². The van der Waals surface area contributed by atoms with Crippen molar-refractivity contribution in [1.29, 1.82) is 0 Å². The Kier molecular flexibility index (Phi) is 403. The van der Waals surface area contributed by atoms with E-state index in [0.717, 1.165) is 6.42 Å². The second-order valence-electron chi connectivity index (χ2n) is 0.854. The van der Waals surface area contributed by atoms with Gasteiger partial charge in [-0.25, -0.2) is 0 Å². The summed E-state index contributed by atoms with van der Waals surface area (Å²) in [4.78, 5) is 0. The van der Waals surface area contributed by atoms with Crippen molar-refractivity contribution in [3.8, 4) is 0 Å². The van der Waals surface area contributed by atoms with Crippen molar-refractivity contribution in [1.82, 2.24) is 0 Å². The Bertz CT molecular complexity index is 19.2. The molecule has 0 bridgehead atoms. The van der Waals surface area contributed by atoms with Crippen molar-refractivity contribution in [2.24, 2.45) is 0 Å². The molecule has 0 unspecified atom stereocenters. The Morgan fingerprint density at radius 2 is 1.10 bits per heavy atom. The van der Waals surface area contributed by atoms with Crippen LogP contribution in [0, 0.1) is 6.92 Å². The summed E-state index contributed by atoms with van der Waals surface area (Å²) in [6.45, 7) is 5.72. The van der Waals surface area contributed by atoms with Gasteiger partial charge in [-0.2, -0.15) is 6.42 Å². The molecule has 66 valence electrons. The summed E-state index contributed by atoms with van der Waals surface area (Å²) in [6.07, 6.45) is 2.28. The second kappa shape index (κ2) is 69.1. The first-order valence-electron chi connectivity index (χ1n) is 1.71. The topological polar surface area (TPSA) is 0 Å². The van der Waals surface area contributed by atoms with Gasteiger partial charge < -0.3 is 6.92 Å². The van der Waals surface area contributed by atoms with E-state index >= 15 is 0 Å². The maximum absolute atomic E-state index is 3.60. The molecular formula is C4H17Cl4LiSi. The molecule has 0 aromatic heterocycles. The standard InChI is InChI=1S/C4H9.4ClH.Li.H4Si/c1-3-4-2;;;;;;/h1,3-4H2,2H3;4*1H;;1H4/q-1;;;;;+1;. The first kappa shape index (κ1) is 58.3. The molecule has 0 radical (unpaired) electrons. The van der Waals surface area contributed by atoms with Crippen LogP contribution in [-0.2, 0) is 0 Å². The smallest absolute Gasteiger partial charge is 0.343 e. The molecule has 0 N–H and O–H groups in total. The van der Waals surface area contributed by atoms with Gasteiger partial charge in [0.1, 0.15) is 0 Å². The molecule has 0 aliphatic heterocycles. The number of halogens is 4. The third kappa shape index (κ3) is 90.8. The van der Waals surface area contributed by atoms with E-state index in [9.17, 15) is 0 Å². The monoisotopic (exact) mass is 240 g/mol. The van der Waals surface area contributed by atoms with Crippen molar-refractivity contribution in [2.75, 3.05) is 0 Å². The van der Waals surface area contributed by atoms with Gasteiger partial charge in [0.25, 0.3) is 0 Å². The minimum Gasteiger partial charge on any atom is -0.343 e. The molecule has 0 saturated carbocycles. The van der Waals surface area contributed by atoms with E-state index < -0.39 is 0 Å². The van der Waals surface area contributed by atoms with E-state index in [-0.39, 0.29) is 79.5 Å². The molecular weight excluding hydrogens is 225 g/mol. The van der Waals surface area contributed by atoms with Crippen LogP contribution in [0.15, 0.2) is 0 Å². The molecule has 0 aromatic rings. The molecule has 10 heavy (non-hydrogen) atoms. The van der Waals surface area contributed by atoms with Crippen LogP contribution in [-0.4, -0.2) is 11.0 Å². The van der Waals surface area contributed by atoms with Crippen LogP contribution < -0.4 is 18.9 Å². The van der Waals surface area contributed by atoms with E-state index in [1.54, 1.807) is 0 Å². The molecule has 0 aromatic carbocycles. The summed E-state index contributed by atoms with van der Waals surface area (Å²) in [5.74, 6) is 0. The summed E-state index contributed by atoms with van der Waals surface area (Å²) in [5, 5.41) is 0. The Hall–Kier alpha value is 1.97. The zero-order valence-corrected chi connectivity index (χ0v) is 9.02. The molecule has 0 fully saturated rings. The largest absolute Gasteiger partial charge is 1.00 e. The predicted octanol–water partition coefficient (Wildman–Crippen LogP) is -1.14. The van der Waals surface area contributed by atoms with Crippen LogP contribution in [0.3, 0.4) is 0 Å². The molecule has 0 aliphatic carbocycles. The second-order valence-corrected chi connectivity index (χ2v) is 0.854. The first-order valence-corrected chi connectivity index (χ1v) is 1.71. The van der Waals surface area contributed by atoms with E-state index in [0.29, 0.717) is 0 Å². The molecule has 0 nitrogen and oxygen atoms in total.